The quantitative estimate of drug-likeness (QED) is 0.593. The van der Waals surface area contributed by atoms with E-state index in [0.29, 0.717) is 24.4 Å². The number of fused-ring (bicyclic) bond motifs is 1. The van der Waals surface area contributed by atoms with E-state index >= 15 is 0 Å². The van der Waals surface area contributed by atoms with Crippen molar-refractivity contribution < 1.29 is 9.90 Å². The van der Waals surface area contributed by atoms with Crippen LogP contribution in [0.25, 0.3) is 10.9 Å². The molecule has 3 aromatic rings. The van der Waals surface area contributed by atoms with Crippen molar-refractivity contribution >= 4 is 22.6 Å². The second kappa shape index (κ2) is 7.47. The third-order valence-electron chi connectivity index (χ3n) is 4.46. The molecule has 1 aromatic carbocycles. The zero-order chi connectivity index (χ0) is 18.7. The molecule has 3 rings (SSSR count). The van der Waals surface area contributed by atoms with Gasteiger partial charge in [-0.1, -0.05) is 19.9 Å². The fourth-order valence-corrected chi connectivity index (χ4v) is 3.28. The summed E-state index contributed by atoms with van der Waals surface area (Å²) in [5.74, 6) is -1.04. The predicted molar refractivity (Wildman–Crippen MR) is 97.4 cm³/mol. The molecule has 0 saturated heterocycles. The zero-order valence-electron chi connectivity index (χ0n) is 14.8. The molecular weight excluding hydrogens is 332 g/mol. The second-order valence-electron chi connectivity index (χ2n) is 6.97. The Balaban J connectivity index is 1.96. The molecule has 0 aliphatic heterocycles. The minimum atomic E-state index is -0.841. The largest absolute Gasteiger partial charge is 0.481 e. The molecule has 8 heteroatoms. The Morgan fingerprint density at radius 2 is 2.12 bits per heavy atom. The van der Waals surface area contributed by atoms with Gasteiger partial charge in [0.25, 0.3) is 0 Å². The van der Waals surface area contributed by atoms with Gasteiger partial charge in [-0.2, -0.15) is 0 Å². The van der Waals surface area contributed by atoms with Crippen LogP contribution in [0.1, 0.15) is 37.6 Å². The molecule has 0 bridgehead atoms. The van der Waals surface area contributed by atoms with Gasteiger partial charge < -0.3 is 10.8 Å². The Morgan fingerprint density at radius 1 is 1.31 bits per heavy atom. The highest BCUT2D eigenvalue weighted by molar-refractivity contribution is 5.81. The number of carboxylic acids is 1. The third kappa shape index (κ3) is 3.96. The van der Waals surface area contributed by atoms with E-state index in [0.717, 1.165) is 16.5 Å². The summed E-state index contributed by atoms with van der Waals surface area (Å²) in [5, 5.41) is 24.7. The van der Waals surface area contributed by atoms with E-state index in [2.05, 4.69) is 25.6 Å². The lowest BCUT2D eigenvalue weighted by molar-refractivity contribution is -0.143. The van der Waals surface area contributed by atoms with E-state index < -0.39 is 11.9 Å². The maximum Gasteiger partial charge on any atom is 0.307 e. The number of aromatic nitrogens is 5. The highest BCUT2D eigenvalue weighted by atomic mass is 16.4. The Morgan fingerprint density at radius 3 is 2.77 bits per heavy atom. The van der Waals surface area contributed by atoms with Gasteiger partial charge in [0.2, 0.25) is 0 Å². The molecule has 136 valence electrons. The lowest BCUT2D eigenvalue weighted by Crippen LogP contribution is -2.26. The zero-order valence-corrected chi connectivity index (χ0v) is 14.8. The Kier molecular flexibility index (Phi) is 5.11. The van der Waals surface area contributed by atoms with Crippen LogP contribution in [0.3, 0.4) is 0 Å². The summed E-state index contributed by atoms with van der Waals surface area (Å²) in [6.07, 6.45) is 2.67. The number of H-pyrrole nitrogens is 1. The normalized spacial score (nSPS) is 13.8. The van der Waals surface area contributed by atoms with E-state index in [4.69, 9.17) is 5.73 Å². The first kappa shape index (κ1) is 17.8. The Hall–Kier alpha value is -3.03. The number of nitrogens with zero attached hydrogens (tertiary/aromatic N) is 4. The van der Waals surface area contributed by atoms with Gasteiger partial charge in [-0.15, -0.1) is 5.10 Å². The summed E-state index contributed by atoms with van der Waals surface area (Å²) < 4.78 is 0. The van der Waals surface area contributed by atoms with Crippen LogP contribution in [0.5, 0.6) is 0 Å². The van der Waals surface area contributed by atoms with Gasteiger partial charge >= 0.3 is 5.97 Å². The number of nitrogens with two attached hydrogens (primary N) is 1. The number of aromatic amines is 1. The molecule has 2 atom stereocenters. The molecule has 0 radical (unpaired) electrons. The first-order valence-electron chi connectivity index (χ1n) is 8.54. The molecule has 2 aromatic heterocycles. The Labute approximate surface area is 150 Å². The number of carbonyl (C=O) groups is 1. The second-order valence-corrected chi connectivity index (χ2v) is 6.97. The average molecular weight is 354 g/mol. The van der Waals surface area contributed by atoms with Gasteiger partial charge in [0.05, 0.1) is 23.3 Å². The fraction of sp³-hybridized carbons (Fsp3) is 0.389. The molecule has 0 aliphatic rings. The van der Waals surface area contributed by atoms with Crippen molar-refractivity contribution in [2.75, 3.05) is 5.73 Å². The monoisotopic (exact) mass is 354 g/mol. The Bertz CT molecular complexity index is 894. The molecule has 0 spiro atoms. The lowest BCUT2D eigenvalue weighted by Gasteiger charge is -2.23. The van der Waals surface area contributed by atoms with E-state index in [1.807, 2.05) is 38.1 Å². The summed E-state index contributed by atoms with van der Waals surface area (Å²) in [4.78, 5) is 16.2. The molecule has 1 unspecified atom stereocenters. The number of carboxylic acid groups (broad SMARTS) is 1. The number of pyridine rings is 1. The van der Waals surface area contributed by atoms with Gasteiger partial charge in [0.15, 0.2) is 5.82 Å². The van der Waals surface area contributed by atoms with E-state index in [1.165, 1.54) is 0 Å². The molecule has 0 saturated carbocycles. The summed E-state index contributed by atoms with van der Waals surface area (Å²) in [6.45, 7) is 4.02. The SMILES string of the molecule is CC(C)CC(C(=O)O)[C@H](Cc1ccc2ncc(N)cc2c1)c1nnn[nH]1. The number of nitrogen functional groups attached to an aromatic ring is 1. The molecular formula is C18H22N6O2. The van der Waals surface area contributed by atoms with Crippen LogP contribution in [0, 0.1) is 11.8 Å². The molecule has 26 heavy (non-hydrogen) atoms. The smallest absolute Gasteiger partial charge is 0.307 e. The van der Waals surface area contributed by atoms with Crippen LogP contribution < -0.4 is 5.73 Å². The number of tetrazole rings is 1. The predicted octanol–water partition coefficient (Wildman–Crippen LogP) is 2.40. The number of hydrogen-bond acceptors (Lipinski definition) is 6. The molecule has 0 fully saturated rings. The molecule has 2 heterocycles. The van der Waals surface area contributed by atoms with Crippen LogP contribution in [-0.2, 0) is 11.2 Å². The number of rotatable bonds is 7. The van der Waals surface area contributed by atoms with Crippen molar-refractivity contribution in [1.29, 1.82) is 0 Å². The maximum absolute atomic E-state index is 11.9. The number of anilines is 1. The van der Waals surface area contributed by atoms with Crippen molar-refractivity contribution in [3.8, 4) is 0 Å². The van der Waals surface area contributed by atoms with Crippen LogP contribution in [0.15, 0.2) is 30.5 Å². The summed E-state index contributed by atoms with van der Waals surface area (Å²) in [7, 11) is 0. The van der Waals surface area contributed by atoms with Gasteiger partial charge in [-0.05, 0) is 52.9 Å². The number of nitrogens with one attached hydrogen (secondary N) is 1. The third-order valence-corrected chi connectivity index (χ3v) is 4.46. The van der Waals surface area contributed by atoms with Crippen molar-refractivity contribution in [2.45, 2.75) is 32.6 Å². The van der Waals surface area contributed by atoms with Crippen LogP contribution in [0.4, 0.5) is 5.69 Å². The standard InChI is InChI=1S/C18H22N6O2/c1-10(2)5-15(18(25)26)14(17-21-23-24-22-17)7-11-3-4-16-12(6-11)8-13(19)9-20-16/h3-4,6,8-10,14-15H,5,7,19H2,1-2H3,(H,25,26)(H,21,22,23,24)/t14-,15?/m0/s1. The molecule has 0 aliphatic carbocycles. The van der Waals surface area contributed by atoms with Crippen LogP contribution in [0.2, 0.25) is 0 Å². The minimum absolute atomic E-state index is 0.245. The van der Waals surface area contributed by atoms with Gasteiger partial charge in [0, 0.05) is 11.3 Å². The van der Waals surface area contributed by atoms with Crippen LogP contribution >= 0.6 is 0 Å². The first-order valence-corrected chi connectivity index (χ1v) is 8.54. The fourth-order valence-electron chi connectivity index (χ4n) is 3.28. The van der Waals surface area contributed by atoms with Crippen molar-refractivity contribution in [3.05, 3.63) is 41.9 Å². The minimum Gasteiger partial charge on any atom is -0.481 e. The van der Waals surface area contributed by atoms with Gasteiger partial charge in [-0.25, -0.2) is 5.10 Å². The molecule has 4 N–H and O–H groups in total. The summed E-state index contributed by atoms with van der Waals surface area (Å²) in [6, 6.07) is 7.72. The van der Waals surface area contributed by atoms with Crippen LogP contribution in [-0.4, -0.2) is 36.7 Å². The van der Waals surface area contributed by atoms with Gasteiger partial charge in [-0.3, -0.25) is 9.78 Å². The summed E-state index contributed by atoms with van der Waals surface area (Å²) in [5.41, 5.74) is 8.25. The molecule has 0 amide bonds. The van der Waals surface area contributed by atoms with Crippen molar-refractivity contribution in [1.82, 2.24) is 25.6 Å². The summed E-state index contributed by atoms with van der Waals surface area (Å²) >= 11 is 0. The van der Waals surface area contributed by atoms with Gasteiger partial charge in [0.1, 0.15) is 0 Å². The van der Waals surface area contributed by atoms with E-state index in [1.54, 1.807) is 6.20 Å². The molecule has 8 nitrogen and oxygen atoms in total. The maximum atomic E-state index is 11.9. The van der Waals surface area contributed by atoms with E-state index in [-0.39, 0.29) is 11.8 Å². The highest BCUT2D eigenvalue weighted by Gasteiger charge is 2.32. The lowest BCUT2D eigenvalue weighted by atomic mass is 9.81. The number of hydrogen-bond donors (Lipinski definition) is 3. The van der Waals surface area contributed by atoms with Crippen molar-refractivity contribution in [3.63, 3.8) is 0 Å². The average Bonchev–Trinajstić information content (AvgIpc) is 3.11. The first-order chi connectivity index (χ1) is 12.4. The highest BCUT2D eigenvalue weighted by Crippen LogP contribution is 2.32. The van der Waals surface area contributed by atoms with E-state index in [9.17, 15) is 9.90 Å². The number of benzene rings is 1. The topological polar surface area (TPSA) is 131 Å². The number of aliphatic carboxylic acids is 1. The van der Waals surface area contributed by atoms with Crippen molar-refractivity contribution in [2.24, 2.45) is 11.8 Å².